The topological polar surface area (TPSA) is 73.9 Å². The fourth-order valence-electron chi connectivity index (χ4n) is 6.48. The van der Waals surface area contributed by atoms with Crippen LogP contribution in [0.3, 0.4) is 0 Å². The zero-order valence-electron chi connectivity index (χ0n) is 31.1. The zero-order chi connectivity index (χ0) is 36.2. The maximum absolute atomic E-state index is 14.2. The van der Waals surface area contributed by atoms with E-state index >= 15 is 0 Å². The van der Waals surface area contributed by atoms with Crippen LogP contribution in [0.4, 0.5) is 0 Å². The Bertz CT molecular complexity index is 1640. The van der Waals surface area contributed by atoms with Gasteiger partial charge in [0, 0.05) is 45.7 Å². The SMILES string of the molecule is CC(C)CC(NCc1ccc(C(C)(C)C)cc1)C(=O)NC(Cc1ccc(OCc2ccccc2)cc1)C(=O)N1CCN(Cc2ccccc2)CC1. The number of piperazine rings is 1. The van der Waals surface area contributed by atoms with E-state index in [-0.39, 0.29) is 17.2 Å². The highest BCUT2D eigenvalue weighted by atomic mass is 16.5. The van der Waals surface area contributed by atoms with Gasteiger partial charge in [0.2, 0.25) is 11.8 Å². The van der Waals surface area contributed by atoms with Crippen LogP contribution in [0.25, 0.3) is 0 Å². The minimum absolute atomic E-state index is 0.0341. The molecule has 5 rings (SSSR count). The molecule has 1 aliphatic heterocycles. The van der Waals surface area contributed by atoms with E-state index in [1.54, 1.807) is 0 Å². The van der Waals surface area contributed by atoms with Gasteiger partial charge in [0.1, 0.15) is 18.4 Å². The molecule has 0 saturated carbocycles. The third kappa shape index (κ3) is 11.8. The Hall–Kier alpha value is -4.46. The second-order valence-electron chi connectivity index (χ2n) is 15.3. The van der Waals surface area contributed by atoms with E-state index in [1.165, 1.54) is 11.1 Å². The number of amides is 2. The third-order valence-corrected chi connectivity index (χ3v) is 9.56. The van der Waals surface area contributed by atoms with E-state index in [4.69, 9.17) is 4.74 Å². The van der Waals surface area contributed by atoms with Crippen molar-refractivity contribution in [3.8, 4) is 5.75 Å². The molecule has 7 heteroatoms. The maximum Gasteiger partial charge on any atom is 0.245 e. The summed E-state index contributed by atoms with van der Waals surface area (Å²) in [6.45, 7) is 15.6. The summed E-state index contributed by atoms with van der Waals surface area (Å²) in [7, 11) is 0. The molecule has 7 nitrogen and oxygen atoms in total. The highest BCUT2D eigenvalue weighted by molar-refractivity contribution is 5.90. The number of rotatable bonds is 15. The summed E-state index contributed by atoms with van der Waals surface area (Å²) in [6.07, 6.45) is 1.06. The van der Waals surface area contributed by atoms with Crippen LogP contribution < -0.4 is 15.4 Å². The third-order valence-electron chi connectivity index (χ3n) is 9.56. The summed E-state index contributed by atoms with van der Waals surface area (Å²) in [4.78, 5) is 32.6. The molecule has 0 bridgehead atoms. The van der Waals surface area contributed by atoms with E-state index < -0.39 is 12.1 Å². The van der Waals surface area contributed by atoms with Gasteiger partial charge in [-0.15, -0.1) is 0 Å². The average Bonchev–Trinajstić information content (AvgIpc) is 3.13. The van der Waals surface area contributed by atoms with Crippen molar-refractivity contribution < 1.29 is 14.3 Å². The van der Waals surface area contributed by atoms with Crippen molar-refractivity contribution in [2.45, 2.75) is 84.7 Å². The summed E-state index contributed by atoms with van der Waals surface area (Å²) >= 11 is 0. The van der Waals surface area contributed by atoms with Gasteiger partial charge in [-0.25, -0.2) is 0 Å². The minimum atomic E-state index is -0.684. The molecule has 2 atom stereocenters. The van der Waals surface area contributed by atoms with Crippen LogP contribution in [0, 0.1) is 5.92 Å². The molecule has 1 aliphatic rings. The lowest BCUT2D eigenvalue weighted by molar-refractivity contribution is -0.138. The first-order valence-electron chi connectivity index (χ1n) is 18.5. The van der Waals surface area contributed by atoms with Crippen LogP contribution in [0.15, 0.2) is 109 Å². The van der Waals surface area contributed by atoms with Crippen molar-refractivity contribution in [2.75, 3.05) is 26.2 Å². The first-order chi connectivity index (χ1) is 24.5. The van der Waals surface area contributed by atoms with Crippen LogP contribution in [0.5, 0.6) is 5.75 Å². The molecule has 0 aromatic heterocycles. The maximum atomic E-state index is 14.2. The predicted octanol–water partition coefficient (Wildman–Crippen LogP) is 7.14. The number of nitrogens with one attached hydrogen (secondary N) is 2. The Labute approximate surface area is 305 Å². The summed E-state index contributed by atoms with van der Waals surface area (Å²) < 4.78 is 6.01. The summed E-state index contributed by atoms with van der Waals surface area (Å²) in [6, 6.07) is 35.9. The molecular formula is C44H56N4O3. The molecular weight excluding hydrogens is 633 g/mol. The molecule has 1 saturated heterocycles. The van der Waals surface area contributed by atoms with Crippen LogP contribution >= 0.6 is 0 Å². The Balaban J connectivity index is 1.26. The van der Waals surface area contributed by atoms with Gasteiger partial charge < -0.3 is 20.3 Å². The molecule has 4 aromatic rings. The average molecular weight is 689 g/mol. The number of ether oxygens (including phenoxy) is 1. The zero-order valence-corrected chi connectivity index (χ0v) is 31.1. The Kier molecular flexibility index (Phi) is 13.5. The van der Waals surface area contributed by atoms with Gasteiger partial charge in [0.25, 0.3) is 0 Å². The monoisotopic (exact) mass is 688 g/mol. The number of nitrogens with zero attached hydrogens (tertiary/aromatic N) is 2. The van der Waals surface area contributed by atoms with Crippen LogP contribution in [-0.4, -0.2) is 59.9 Å². The smallest absolute Gasteiger partial charge is 0.245 e. The van der Waals surface area contributed by atoms with Crippen molar-refractivity contribution >= 4 is 11.8 Å². The molecule has 0 aliphatic carbocycles. The molecule has 1 heterocycles. The van der Waals surface area contributed by atoms with Crippen molar-refractivity contribution in [3.63, 3.8) is 0 Å². The van der Waals surface area contributed by atoms with E-state index in [0.717, 1.165) is 42.1 Å². The van der Waals surface area contributed by atoms with Crippen LogP contribution in [-0.2, 0) is 41.1 Å². The van der Waals surface area contributed by atoms with Crippen LogP contribution in [0.1, 0.15) is 68.9 Å². The second-order valence-corrected chi connectivity index (χ2v) is 15.3. The number of carbonyl (C=O) groups excluding carboxylic acids is 2. The number of benzene rings is 4. The lowest BCUT2D eigenvalue weighted by Crippen LogP contribution is -2.57. The second kappa shape index (κ2) is 18.2. The summed E-state index contributed by atoms with van der Waals surface area (Å²) in [5, 5.41) is 6.72. The fraction of sp³-hybridized carbons (Fsp3) is 0.409. The Morgan fingerprint density at radius 2 is 1.29 bits per heavy atom. The van der Waals surface area contributed by atoms with Crippen molar-refractivity contribution in [2.24, 2.45) is 5.92 Å². The summed E-state index contributed by atoms with van der Waals surface area (Å²) in [5.74, 6) is 0.889. The molecule has 2 amide bonds. The highest BCUT2D eigenvalue weighted by Gasteiger charge is 2.31. The van der Waals surface area contributed by atoms with Crippen molar-refractivity contribution in [1.29, 1.82) is 0 Å². The largest absolute Gasteiger partial charge is 0.489 e. The van der Waals surface area contributed by atoms with Crippen LogP contribution in [0.2, 0.25) is 0 Å². The molecule has 270 valence electrons. The van der Waals surface area contributed by atoms with E-state index in [0.29, 0.717) is 45.0 Å². The van der Waals surface area contributed by atoms with Gasteiger partial charge in [-0.1, -0.05) is 132 Å². The number of hydrogen-bond donors (Lipinski definition) is 2. The van der Waals surface area contributed by atoms with E-state index in [2.05, 4.69) is 98.7 Å². The van der Waals surface area contributed by atoms with Gasteiger partial charge in [-0.05, 0) is 57.7 Å². The van der Waals surface area contributed by atoms with Gasteiger partial charge in [-0.3, -0.25) is 14.5 Å². The predicted molar refractivity (Wildman–Crippen MR) is 206 cm³/mol. The fourth-order valence-corrected chi connectivity index (χ4v) is 6.48. The lowest BCUT2D eigenvalue weighted by Gasteiger charge is -2.37. The van der Waals surface area contributed by atoms with Gasteiger partial charge in [0.15, 0.2) is 0 Å². The van der Waals surface area contributed by atoms with Crippen molar-refractivity contribution in [3.05, 3.63) is 137 Å². The molecule has 1 fully saturated rings. The molecule has 0 spiro atoms. The Morgan fingerprint density at radius 3 is 1.88 bits per heavy atom. The molecule has 2 unspecified atom stereocenters. The van der Waals surface area contributed by atoms with Gasteiger partial charge in [0.05, 0.1) is 6.04 Å². The van der Waals surface area contributed by atoms with Gasteiger partial charge in [-0.2, -0.15) is 0 Å². The first kappa shape index (κ1) is 37.8. The highest BCUT2D eigenvalue weighted by Crippen LogP contribution is 2.22. The standard InChI is InChI=1S/C44H56N4O3/c1-33(2)28-40(45-30-35-16-20-38(21-17-35)44(3,4)5)42(49)46-41(29-34-18-22-39(23-19-34)51-32-37-14-10-7-11-15-37)43(50)48-26-24-47(25-27-48)31-36-12-8-6-9-13-36/h6-23,33,40-41,45H,24-32H2,1-5H3,(H,46,49). The quantitative estimate of drug-likeness (QED) is 0.139. The number of carbonyl (C=O) groups is 2. The number of hydrogen-bond acceptors (Lipinski definition) is 5. The molecule has 51 heavy (non-hydrogen) atoms. The normalized spacial score (nSPS) is 15.0. The molecule has 2 N–H and O–H groups in total. The van der Waals surface area contributed by atoms with Crippen molar-refractivity contribution in [1.82, 2.24) is 20.4 Å². The van der Waals surface area contributed by atoms with E-state index in [1.807, 2.05) is 65.6 Å². The first-order valence-corrected chi connectivity index (χ1v) is 18.5. The Morgan fingerprint density at radius 1 is 0.706 bits per heavy atom. The lowest BCUT2D eigenvalue weighted by atomic mass is 9.87. The molecule has 0 radical (unpaired) electrons. The minimum Gasteiger partial charge on any atom is -0.489 e. The van der Waals surface area contributed by atoms with Gasteiger partial charge >= 0.3 is 0 Å². The molecule has 4 aromatic carbocycles. The summed E-state index contributed by atoms with van der Waals surface area (Å²) in [5.41, 5.74) is 5.83. The van der Waals surface area contributed by atoms with E-state index in [9.17, 15) is 9.59 Å².